The van der Waals surface area contributed by atoms with Crippen molar-refractivity contribution in [2.75, 3.05) is 0 Å². The predicted molar refractivity (Wildman–Crippen MR) is 68.7 cm³/mol. The van der Waals surface area contributed by atoms with E-state index in [2.05, 4.69) is 18.2 Å². The first-order chi connectivity index (χ1) is 7.92. The lowest BCUT2D eigenvalue weighted by Crippen LogP contribution is -2.10. The normalized spacial score (nSPS) is 20.2. The molecular weight excluding hydrogens is 192 g/mol. The van der Waals surface area contributed by atoms with Crippen LogP contribution >= 0.6 is 0 Å². The van der Waals surface area contributed by atoms with Gasteiger partial charge in [0.25, 0.3) is 0 Å². The number of benzene rings is 1. The Balaban J connectivity index is 1.55. The summed E-state index contributed by atoms with van der Waals surface area (Å²) in [4.78, 5) is 0. The summed E-state index contributed by atoms with van der Waals surface area (Å²) in [5.41, 5.74) is 4.81. The van der Waals surface area contributed by atoms with Gasteiger partial charge in [-0.2, -0.15) is 0 Å². The van der Waals surface area contributed by atoms with E-state index < -0.39 is 0 Å². The van der Waals surface area contributed by atoms with Gasteiger partial charge in [-0.25, -0.2) is 0 Å². The van der Waals surface area contributed by atoms with Gasteiger partial charge in [-0.15, -0.1) is 0 Å². The quantitative estimate of drug-likeness (QED) is 0.704. The molecule has 0 heterocycles. The zero-order valence-electron chi connectivity index (χ0n) is 10.2. The molecule has 0 atom stereocenters. The molecule has 1 aromatic rings. The SMILES string of the molecule is c1cc2c(cc1CCC1CCCCC1)CC2. The monoisotopic (exact) mass is 214 g/mol. The van der Waals surface area contributed by atoms with E-state index in [1.54, 1.807) is 16.7 Å². The minimum atomic E-state index is 1.03. The Hall–Kier alpha value is -0.780. The van der Waals surface area contributed by atoms with Gasteiger partial charge >= 0.3 is 0 Å². The molecule has 1 aromatic carbocycles. The molecule has 1 saturated carbocycles. The third kappa shape index (κ3) is 2.16. The molecule has 0 N–H and O–H groups in total. The largest absolute Gasteiger partial charge is 0.0588 e. The smallest absolute Gasteiger partial charge is 0.0235 e. The average molecular weight is 214 g/mol. The van der Waals surface area contributed by atoms with E-state index in [9.17, 15) is 0 Å². The lowest BCUT2D eigenvalue weighted by atomic mass is 9.83. The van der Waals surface area contributed by atoms with Crippen molar-refractivity contribution >= 4 is 0 Å². The topological polar surface area (TPSA) is 0 Å². The molecule has 0 aliphatic heterocycles. The summed E-state index contributed by atoms with van der Waals surface area (Å²) in [5.74, 6) is 1.03. The van der Waals surface area contributed by atoms with Gasteiger partial charge in [0.05, 0.1) is 0 Å². The number of hydrogen-bond acceptors (Lipinski definition) is 0. The molecule has 0 aromatic heterocycles. The summed E-state index contributed by atoms with van der Waals surface area (Å²) >= 11 is 0. The van der Waals surface area contributed by atoms with Crippen LogP contribution in [0.15, 0.2) is 18.2 Å². The maximum atomic E-state index is 2.46. The van der Waals surface area contributed by atoms with E-state index in [0.717, 1.165) is 5.92 Å². The van der Waals surface area contributed by atoms with Crippen molar-refractivity contribution in [3.8, 4) is 0 Å². The lowest BCUT2D eigenvalue weighted by molar-refractivity contribution is 0.339. The minimum absolute atomic E-state index is 1.03. The molecule has 0 amide bonds. The molecule has 0 heteroatoms. The van der Waals surface area contributed by atoms with Gasteiger partial charge in [-0.05, 0) is 48.3 Å². The first-order valence-corrected chi connectivity index (χ1v) is 7.02. The van der Waals surface area contributed by atoms with Crippen LogP contribution in [0, 0.1) is 5.92 Å². The Labute approximate surface area is 99.1 Å². The van der Waals surface area contributed by atoms with E-state index in [1.807, 2.05) is 0 Å². The first-order valence-electron chi connectivity index (χ1n) is 7.02. The second-order valence-electron chi connectivity index (χ2n) is 5.65. The standard InChI is InChI=1S/C16H22/c1-2-4-13(5-3-1)6-7-14-8-9-15-10-11-16(15)12-14/h8-9,12-13H,1-7,10-11H2. The average Bonchev–Trinajstić information content (AvgIpc) is 2.31. The van der Waals surface area contributed by atoms with Crippen molar-refractivity contribution in [2.24, 2.45) is 5.92 Å². The molecule has 0 spiro atoms. The zero-order valence-corrected chi connectivity index (χ0v) is 10.2. The van der Waals surface area contributed by atoms with Crippen LogP contribution in [0.3, 0.4) is 0 Å². The van der Waals surface area contributed by atoms with Crippen LogP contribution in [0.2, 0.25) is 0 Å². The fourth-order valence-corrected chi connectivity index (χ4v) is 3.25. The van der Waals surface area contributed by atoms with Crippen molar-refractivity contribution in [3.05, 3.63) is 34.9 Å². The molecule has 1 fully saturated rings. The minimum Gasteiger partial charge on any atom is -0.0588 e. The van der Waals surface area contributed by atoms with Crippen molar-refractivity contribution in [2.45, 2.75) is 57.8 Å². The van der Waals surface area contributed by atoms with Gasteiger partial charge < -0.3 is 0 Å². The van der Waals surface area contributed by atoms with Crippen LogP contribution in [0.1, 0.15) is 55.2 Å². The van der Waals surface area contributed by atoms with Crippen LogP contribution in [-0.2, 0) is 19.3 Å². The molecule has 0 nitrogen and oxygen atoms in total. The van der Waals surface area contributed by atoms with Gasteiger partial charge in [0, 0.05) is 0 Å². The number of hydrogen-bond donors (Lipinski definition) is 0. The summed E-state index contributed by atoms with van der Waals surface area (Å²) in [5, 5.41) is 0. The Morgan fingerprint density at radius 1 is 0.938 bits per heavy atom. The van der Waals surface area contributed by atoms with E-state index in [-0.39, 0.29) is 0 Å². The molecule has 3 rings (SSSR count). The van der Waals surface area contributed by atoms with Crippen molar-refractivity contribution in [3.63, 3.8) is 0 Å². The molecule has 0 unspecified atom stereocenters. The highest BCUT2D eigenvalue weighted by molar-refractivity contribution is 5.38. The first kappa shape index (κ1) is 10.4. The van der Waals surface area contributed by atoms with Crippen molar-refractivity contribution < 1.29 is 0 Å². The summed E-state index contributed by atoms with van der Waals surface area (Å²) in [6.45, 7) is 0. The van der Waals surface area contributed by atoms with Crippen LogP contribution in [0.5, 0.6) is 0 Å². The molecule has 0 bridgehead atoms. The van der Waals surface area contributed by atoms with Crippen molar-refractivity contribution in [1.82, 2.24) is 0 Å². The summed E-state index contributed by atoms with van der Waals surface area (Å²) < 4.78 is 0. The Kier molecular flexibility index (Phi) is 2.99. The highest BCUT2D eigenvalue weighted by atomic mass is 14.2. The van der Waals surface area contributed by atoms with E-state index >= 15 is 0 Å². The lowest BCUT2D eigenvalue weighted by Gasteiger charge is -2.23. The van der Waals surface area contributed by atoms with Crippen LogP contribution < -0.4 is 0 Å². The van der Waals surface area contributed by atoms with Crippen LogP contribution in [0.25, 0.3) is 0 Å². The van der Waals surface area contributed by atoms with Gasteiger partial charge in [0.2, 0.25) is 0 Å². The number of rotatable bonds is 3. The van der Waals surface area contributed by atoms with E-state index in [1.165, 1.54) is 57.8 Å². The summed E-state index contributed by atoms with van der Waals surface area (Å²) in [6.07, 6.45) is 12.8. The second kappa shape index (κ2) is 4.61. The van der Waals surface area contributed by atoms with E-state index in [4.69, 9.17) is 0 Å². The fraction of sp³-hybridized carbons (Fsp3) is 0.625. The highest BCUT2D eigenvalue weighted by Crippen LogP contribution is 2.29. The van der Waals surface area contributed by atoms with Gasteiger partial charge in [-0.1, -0.05) is 50.3 Å². The van der Waals surface area contributed by atoms with Crippen LogP contribution in [0.4, 0.5) is 0 Å². The third-order valence-corrected chi connectivity index (χ3v) is 4.50. The van der Waals surface area contributed by atoms with Gasteiger partial charge in [-0.3, -0.25) is 0 Å². The molecule has 0 saturated heterocycles. The van der Waals surface area contributed by atoms with Crippen molar-refractivity contribution in [1.29, 1.82) is 0 Å². The highest BCUT2D eigenvalue weighted by Gasteiger charge is 2.15. The fourth-order valence-electron chi connectivity index (χ4n) is 3.25. The van der Waals surface area contributed by atoms with Crippen LogP contribution in [-0.4, -0.2) is 0 Å². The molecule has 16 heavy (non-hydrogen) atoms. The van der Waals surface area contributed by atoms with Gasteiger partial charge in [0.1, 0.15) is 0 Å². The Morgan fingerprint density at radius 3 is 2.44 bits per heavy atom. The molecule has 86 valence electrons. The van der Waals surface area contributed by atoms with Gasteiger partial charge in [0.15, 0.2) is 0 Å². The summed E-state index contributed by atoms with van der Waals surface area (Å²) in [7, 11) is 0. The third-order valence-electron chi connectivity index (χ3n) is 4.50. The number of fused-ring (bicyclic) bond motifs is 1. The maximum absolute atomic E-state index is 2.46. The molecule has 0 radical (unpaired) electrons. The zero-order chi connectivity index (χ0) is 10.8. The molecule has 2 aliphatic carbocycles. The predicted octanol–water partition coefficient (Wildman–Crippen LogP) is 4.30. The second-order valence-corrected chi connectivity index (χ2v) is 5.65. The number of aryl methyl sites for hydroxylation is 3. The Bertz CT molecular complexity index is 358. The molecular formula is C16H22. The summed E-state index contributed by atoms with van der Waals surface area (Å²) in [6, 6.07) is 7.18. The maximum Gasteiger partial charge on any atom is -0.0235 e. The Morgan fingerprint density at radius 2 is 1.75 bits per heavy atom. The molecule has 2 aliphatic rings. The van der Waals surface area contributed by atoms with E-state index in [0.29, 0.717) is 0 Å².